The van der Waals surface area contributed by atoms with Gasteiger partial charge >= 0.3 is 0 Å². The Morgan fingerprint density at radius 1 is 1.23 bits per heavy atom. The van der Waals surface area contributed by atoms with E-state index >= 15 is 0 Å². The molecule has 1 atom stereocenters. The van der Waals surface area contributed by atoms with Gasteiger partial charge in [-0.25, -0.2) is 4.98 Å². The molecule has 0 spiro atoms. The van der Waals surface area contributed by atoms with Crippen molar-refractivity contribution < 1.29 is 9.84 Å². The minimum atomic E-state index is -0.376. The molecule has 26 heavy (non-hydrogen) atoms. The first-order valence-corrected chi connectivity index (χ1v) is 10.3. The van der Waals surface area contributed by atoms with Crippen LogP contribution in [0.25, 0.3) is 0 Å². The number of rotatable bonds is 5. The van der Waals surface area contributed by atoms with Crippen LogP contribution < -0.4 is 4.90 Å². The highest BCUT2D eigenvalue weighted by atomic mass is 32.1. The first kappa shape index (κ1) is 16.7. The van der Waals surface area contributed by atoms with E-state index < -0.39 is 0 Å². The van der Waals surface area contributed by atoms with E-state index in [1.807, 2.05) is 6.20 Å². The van der Waals surface area contributed by atoms with E-state index in [-0.39, 0.29) is 6.10 Å². The number of morpholine rings is 1. The summed E-state index contributed by atoms with van der Waals surface area (Å²) >= 11 is 1.79. The van der Waals surface area contributed by atoms with Crippen LogP contribution in [-0.4, -0.2) is 57.6 Å². The predicted octanol–water partition coefficient (Wildman–Crippen LogP) is 1.64. The molecule has 1 aliphatic carbocycles. The van der Waals surface area contributed by atoms with E-state index in [1.54, 1.807) is 11.3 Å². The van der Waals surface area contributed by atoms with E-state index in [4.69, 9.17) is 4.74 Å². The van der Waals surface area contributed by atoms with Gasteiger partial charge in [0.1, 0.15) is 6.10 Å². The molecule has 4 heterocycles. The van der Waals surface area contributed by atoms with Crippen molar-refractivity contribution in [2.24, 2.45) is 5.92 Å². The zero-order chi connectivity index (χ0) is 17.5. The molecule has 8 heteroatoms. The Morgan fingerprint density at radius 2 is 2.08 bits per heavy atom. The normalized spacial score (nSPS) is 22.4. The maximum absolute atomic E-state index is 10.3. The van der Waals surface area contributed by atoms with Gasteiger partial charge in [0.15, 0.2) is 5.13 Å². The van der Waals surface area contributed by atoms with E-state index in [1.165, 1.54) is 10.6 Å². The monoisotopic (exact) mass is 375 g/mol. The van der Waals surface area contributed by atoms with Crippen molar-refractivity contribution >= 4 is 16.5 Å². The van der Waals surface area contributed by atoms with Gasteiger partial charge in [-0.1, -0.05) is 0 Å². The molecule has 7 nitrogen and oxygen atoms in total. The van der Waals surface area contributed by atoms with E-state index in [0.717, 1.165) is 76.1 Å². The average molecular weight is 375 g/mol. The van der Waals surface area contributed by atoms with Gasteiger partial charge < -0.3 is 14.7 Å². The standard InChI is InChI=1S/C18H25N5O2S/c24-17(13-1-2-13)16-9-14-11-21(3-4-23(14)20-16)12-15-10-19-18(26-15)22-5-7-25-8-6-22/h9-10,13,17,24H,1-8,11-12H2. The van der Waals surface area contributed by atoms with Crippen LogP contribution in [0.15, 0.2) is 12.3 Å². The second kappa shape index (κ2) is 6.92. The lowest BCUT2D eigenvalue weighted by Gasteiger charge is -2.27. The molecular formula is C18H25N5O2S. The molecule has 3 aliphatic rings. The van der Waals surface area contributed by atoms with Crippen molar-refractivity contribution in [3.05, 3.63) is 28.5 Å². The molecule has 0 bridgehead atoms. The molecule has 1 saturated carbocycles. The van der Waals surface area contributed by atoms with E-state index in [9.17, 15) is 5.11 Å². The van der Waals surface area contributed by atoms with Gasteiger partial charge in [-0.2, -0.15) is 5.10 Å². The summed E-state index contributed by atoms with van der Waals surface area (Å²) < 4.78 is 7.49. The van der Waals surface area contributed by atoms with Crippen LogP contribution in [0.4, 0.5) is 5.13 Å². The topological polar surface area (TPSA) is 66.7 Å². The lowest BCUT2D eigenvalue weighted by Crippen LogP contribution is -2.36. The highest BCUT2D eigenvalue weighted by Gasteiger charge is 2.33. The Kier molecular flexibility index (Phi) is 4.44. The zero-order valence-corrected chi connectivity index (χ0v) is 15.7. The smallest absolute Gasteiger partial charge is 0.185 e. The van der Waals surface area contributed by atoms with Crippen molar-refractivity contribution in [2.45, 2.75) is 38.6 Å². The number of aliphatic hydroxyl groups excluding tert-OH is 1. The number of thiazole rings is 1. The molecule has 2 aromatic rings. The molecule has 0 radical (unpaired) electrons. The van der Waals surface area contributed by atoms with Gasteiger partial charge in [0.05, 0.1) is 31.1 Å². The second-order valence-electron chi connectivity index (χ2n) is 7.49. The Hall–Kier alpha value is -1.48. The third kappa shape index (κ3) is 3.38. The van der Waals surface area contributed by atoms with Gasteiger partial charge in [0.25, 0.3) is 0 Å². The number of fused-ring (bicyclic) bond motifs is 1. The lowest BCUT2D eigenvalue weighted by molar-refractivity contribution is 0.122. The highest BCUT2D eigenvalue weighted by molar-refractivity contribution is 7.15. The summed E-state index contributed by atoms with van der Waals surface area (Å²) in [5.74, 6) is 0.429. The summed E-state index contributed by atoms with van der Waals surface area (Å²) in [5, 5.41) is 16.1. The summed E-state index contributed by atoms with van der Waals surface area (Å²) in [5.41, 5.74) is 2.07. The number of aliphatic hydroxyl groups is 1. The van der Waals surface area contributed by atoms with Crippen molar-refractivity contribution in [2.75, 3.05) is 37.7 Å². The highest BCUT2D eigenvalue weighted by Crippen LogP contribution is 2.40. The summed E-state index contributed by atoms with van der Waals surface area (Å²) in [7, 11) is 0. The van der Waals surface area contributed by atoms with Crippen LogP contribution in [0.5, 0.6) is 0 Å². The molecular weight excluding hydrogens is 350 g/mol. The molecule has 1 saturated heterocycles. The van der Waals surface area contributed by atoms with Crippen molar-refractivity contribution in [1.82, 2.24) is 19.7 Å². The summed E-state index contributed by atoms with van der Waals surface area (Å²) in [6.07, 6.45) is 3.90. The van der Waals surface area contributed by atoms with Gasteiger partial charge in [-0.15, -0.1) is 11.3 Å². The quantitative estimate of drug-likeness (QED) is 0.857. The predicted molar refractivity (Wildman–Crippen MR) is 99.2 cm³/mol. The number of hydrogen-bond donors (Lipinski definition) is 1. The molecule has 0 amide bonds. The maximum Gasteiger partial charge on any atom is 0.185 e. The molecule has 2 fully saturated rings. The van der Waals surface area contributed by atoms with Crippen molar-refractivity contribution in [3.63, 3.8) is 0 Å². The Labute approximate surface area is 157 Å². The molecule has 5 rings (SSSR count). The van der Waals surface area contributed by atoms with Gasteiger partial charge in [0, 0.05) is 43.8 Å². The molecule has 2 aromatic heterocycles. The molecule has 140 valence electrons. The number of ether oxygens (including phenoxy) is 1. The van der Waals surface area contributed by atoms with Crippen LogP contribution in [0.2, 0.25) is 0 Å². The Balaban J connectivity index is 1.23. The van der Waals surface area contributed by atoms with Crippen molar-refractivity contribution in [1.29, 1.82) is 0 Å². The van der Waals surface area contributed by atoms with Crippen LogP contribution in [0.1, 0.15) is 35.2 Å². The molecule has 2 aliphatic heterocycles. The minimum absolute atomic E-state index is 0.376. The fraction of sp³-hybridized carbons (Fsp3) is 0.667. The number of hydrogen-bond acceptors (Lipinski definition) is 7. The first-order chi connectivity index (χ1) is 12.8. The second-order valence-corrected chi connectivity index (χ2v) is 8.58. The maximum atomic E-state index is 10.3. The van der Waals surface area contributed by atoms with Gasteiger partial charge in [-0.05, 0) is 24.8 Å². The third-order valence-electron chi connectivity index (χ3n) is 5.47. The molecule has 0 aromatic carbocycles. The van der Waals surface area contributed by atoms with Crippen LogP contribution in [0, 0.1) is 5.92 Å². The Morgan fingerprint density at radius 3 is 2.88 bits per heavy atom. The zero-order valence-electron chi connectivity index (χ0n) is 14.9. The fourth-order valence-electron chi connectivity index (χ4n) is 3.77. The molecule has 1 unspecified atom stereocenters. The van der Waals surface area contributed by atoms with E-state index in [2.05, 4.69) is 30.6 Å². The SMILES string of the molecule is OC(c1cc2n(n1)CCN(Cc1cnc(N3CCOCC3)s1)C2)C1CC1. The summed E-state index contributed by atoms with van der Waals surface area (Å²) in [6, 6.07) is 2.10. The summed E-state index contributed by atoms with van der Waals surface area (Å²) in [4.78, 5) is 10.7. The third-order valence-corrected chi connectivity index (χ3v) is 6.51. The average Bonchev–Trinajstić information content (AvgIpc) is 3.27. The van der Waals surface area contributed by atoms with Gasteiger partial charge in [-0.3, -0.25) is 9.58 Å². The number of anilines is 1. The fourth-order valence-corrected chi connectivity index (χ4v) is 4.77. The van der Waals surface area contributed by atoms with Crippen molar-refractivity contribution in [3.8, 4) is 0 Å². The van der Waals surface area contributed by atoms with E-state index in [0.29, 0.717) is 5.92 Å². The number of aromatic nitrogens is 3. The molecule has 1 N–H and O–H groups in total. The lowest BCUT2D eigenvalue weighted by atomic mass is 10.1. The Bertz CT molecular complexity index is 765. The number of nitrogens with zero attached hydrogens (tertiary/aromatic N) is 5. The minimum Gasteiger partial charge on any atom is -0.386 e. The summed E-state index contributed by atoms with van der Waals surface area (Å²) in [6.45, 7) is 7.13. The van der Waals surface area contributed by atoms with Crippen LogP contribution >= 0.6 is 11.3 Å². The largest absolute Gasteiger partial charge is 0.386 e. The van der Waals surface area contributed by atoms with Crippen LogP contribution in [-0.2, 0) is 24.4 Å². The first-order valence-electron chi connectivity index (χ1n) is 9.51. The van der Waals surface area contributed by atoms with Crippen LogP contribution in [0.3, 0.4) is 0 Å². The van der Waals surface area contributed by atoms with Gasteiger partial charge in [0.2, 0.25) is 0 Å².